The molecule has 9 rings (SSSR count). The minimum Gasteiger partial charge on any atom is -0.256 e. The first kappa shape index (κ1) is 28.2. The molecule has 1 aromatic heterocycles. The molecular weight excluding hydrogens is 579 g/mol. The molecule has 0 spiro atoms. The van der Waals surface area contributed by atoms with Gasteiger partial charge in [-0.1, -0.05) is 153 Å². The molecule has 9 aromatic rings. The molecule has 0 unspecified atom stereocenters. The highest BCUT2D eigenvalue weighted by Gasteiger charge is 2.19. The fourth-order valence-corrected chi connectivity index (χ4v) is 7.53. The van der Waals surface area contributed by atoms with Crippen LogP contribution in [0.15, 0.2) is 170 Å². The number of aromatic nitrogens is 1. The van der Waals surface area contributed by atoms with E-state index in [2.05, 4.69) is 165 Å². The molecule has 0 aliphatic carbocycles. The van der Waals surface area contributed by atoms with Gasteiger partial charge in [-0.2, -0.15) is 0 Å². The third kappa shape index (κ3) is 4.67. The Morgan fingerprint density at radius 1 is 0.396 bits per heavy atom. The lowest BCUT2D eigenvalue weighted by Crippen LogP contribution is -1.93. The van der Waals surface area contributed by atoms with Crippen molar-refractivity contribution in [2.24, 2.45) is 0 Å². The zero-order valence-corrected chi connectivity index (χ0v) is 26.8. The van der Waals surface area contributed by atoms with Crippen molar-refractivity contribution in [2.75, 3.05) is 0 Å². The maximum absolute atomic E-state index is 4.71. The van der Waals surface area contributed by atoms with E-state index in [4.69, 9.17) is 4.98 Å². The summed E-state index contributed by atoms with van der Waals surface area (Å²) in [6, 6.07) is 59.9. The molecule has 0 saturated carbocycles. The number of rotatable bonds is 5. The maximum atomic E-state index is 4.71. The van der Waals surface area contributed by atoms with Crippen molar-refractivity contribution < 1.29 is 0 Å². The zero-order valence-electron chi connectivity index (χ0n) is 26.8. The Labute approximate surface area is 280 Å². The van der Waals surface area contributed by atoms with E-state index in [0.717, 1.165) is 17.7 Å². The second-order valence-electron chi connectivity index (χ2n) is 12.6. The van der Waals surface area contributed by atoms with Crippen molar-refractivity contribution in [3.05, 3.63) is 176 Å². The van der Waals surface area contributed by atoms with Crippen LogP contribution in [0.2, 0.25) is 0 Å². The van der Waals surface area contributed by atoms with Crippen molar-refractivity contribution in [2.45, 2.75) is 13.3 Å². The maximum Gasteiger partial charge on any atom is 0.0708 e. The molecule has 0 amide bonds. The van der Waals surface area contributed by atoms with Crippen molar-refractivity contribution in [3.8, 4) is 44.6 Å². The van der Waals surface area contributed by atoms with Crippen LogP contribution in [0, 0.1) is 0 Å². The van der Waals surface area contributed by atoms with E-state index < -0.39 is 0 Å². The van der Waals surface area contributed by atoms with Crippen molar-refractivity contribution in [1.82, 2.24) is 4.98 Å². The van der Waals surface area contributed by atoms with Gasteiger partial charge in [0.2, 0.25) is 0 Å². The third-order valence-electron chi connectivity index (χ3n) is 9.87. The van der Waals surface area contributed by atoms with Crippen LogP contribution in [0.4, 0.5) is 0 Å². The SMILES string of the molecule is CCc1ccc2cc(-c3c4ccccc4c(-c4ccc(-c5ccnc(-c6ccccc6)c5)c5ccccc45)c4ccccc34)ccc2c1. The van der Waals surface area contributed by atoms with Crippen molar-refractivity contribution >= 4 is 43.1 Å². The van der Waals surface area contributed by atoms with Gasteiger partial charge in [-0.15, -0.1) is 0 Å². The minimum absolute atomic E-state index is 0.980. The zero-order chi connectivity index (χ0) is 32.0. The van der Waals surface area contributed by atoms with Crippen LogP contribution in [-0.2, 0) is 6.42 Å². The largest absolute Gasteiger partial charge is 0.256 e. The molecule has 0 atom stereocenters. The lowest BCUT2D eigenvalue weighted by Gasteiger charge is -2.20. The number of nitrogens with zero attached hydrogens (tertiary/aromatic N) is 1. The molecule has 0 saturated heterocycles. The lowest BCUT2D eigenvalue weighted by molar-refractivity contribution is 1.15. The van der Waals surface area contributed by atoms with Gasteiger partial charge in [0, 0.05) is 11.8 Å². The second-order valence-corrected chi connectivity index (χ2v) is 12.6. The Morgan fingerprint density at radius 2 is 0.958 bits per heavy atom. The Balaban J connectivity index is 1.29. The van der Waals surface area contributed by atoms with Crippen LogP contribution in [0.25, 0.3) is 87.7 Å². The summed E-state index contributed by atoms with van der Waals surface area (Å²) < 4.78 is 0. The number of hydrogen-bond acceptors (Lipinski definition) is 1. The predicted molar refractivity (Wildman–Crippen MR) is 205 cm³/mol. The van der Waals surface area contributed by atoms with E-state index in [1.165, 1.54) is 82.0 Å². The predicted octanol–water partition coefficient (Wildman–Crippen LogP) is 12.9. The Morgan fingerprint density at radius 3 is 1.65 bits per heavy atom. The van der Waals surface area contributed by atoms with Gasteiger partial charge in [-0.05, 0) is 107 Å². The first-order valence-corrected chi connectivity index (χ1v) is 16.8. The van der Waals surface area contributed by atoms with Crippen molar-refractivity contribution in [3.63, 3.8) is 0 Å². The van der Waals surface area contributed by atoms with Gasteiger partial charge in [-0.3, -0.25) is 4.98 Å². The molecule has 0 N–H and O–H groups in total. The summed E-state index contributed by atoms with van der Waals surface area (Å²) in [6.07, 6.45) is 2.97. The molecule has 8 aromatic carbocycles. The number of hydrogen-bond donors (Lipinski definition) is 0. The van der Waals surface area contributed by atoms with Gasteiger partial charge in [0.25, 0.3) is 0 Å². The number of benzene rings is 8. The summed E-state index contributed by atoms with van der Waals surface area (Å²) in [5, 5.41) is 10.1. The summed E-state index contributed by atoms with van der Waals surface area (Å²) in [4.78, 5) is 4.71. The van der Waals surface area contributed by atoms with E-state index in [1.54, 1.807) is 0 Å². The van der Waals surface area contributed by atoms with Gasteiger partial charge in [0.15, 0.2) is 0 Å². The van der Waals surface area contributed by atoms with Crippen LogP contribution in [0.5, 0.6) is 0 Å². The molecule has 1 heteroatoms. The molecule has 48 heavy (non-hydrogen) atoms. The molecule has 1 heterocycles. The fourth-order valence-electron chi connectivity index (χ4n) is 7.53. The third-order valence-corrected chi connectivity index (χ3v) is 9.87. The second kappa shape index (κ2) is 11.6. The number of fused-ring (bicyclic) bond motifs is 4. The normalized spacial score (nSPS) is 11.5. The van der Waals surface area contributed by atoms with E-state index in [9.17, 15) is 0 Å². The van der Waals surface area contributed by atoms with E-state index in [1.807, 2.05) is 12.3 Å². The summed E-state index contributed by atoms with van der Waals surface area (Å²) >= 11 is 0. The average Bonchev–Trinajstić information content (AvgIpc) is 3.16. The summed E-state index contributed by atoms with van der Waals surface area (Å²) in [5.41, 5.74) is 10.9. The van der Waals surface area contributed by atoms with E-state index in [-0.39, 0.29) is 0 Å². The van der Waals surface area contributed by atoms with Gasteiger partial charge in [-0.25, -0.2) is 0 Å². The monoisotopic (exact) mass is 611 g/mol. The quantitative estimate of drug-likeness (QED) is 0.176. The number of pyridine rings is 1. The van der Waals surface area contributed by atoms with Crippen LogP contribution < -0.4 is 0 Å². The van der Waals surface area contributed by atoms with Crippen LogP contribution in [0.1, 0.15) is 12.5 Å². The summed E-state index contributed by atoms with van der Waals surface area (Å²) in [7, 11) is 0. The molecule has 1 nitrogen and oxygen atoms in total. The standard InChI is InChI=1S/C47H33N/c1-2-31-20-21-34-29-36(23-22-33(34)28-31)46-40-16-8-10-18-42(40)47(43-19-11-9-17-41(43)46)44-25-24-37(38-14-6-7-15-39(38)44)35-26-27-48-45(30-35)32-12-4-3-5-13-32/h3-30H,2H2,1H3. The van der Waals surface area contributed by atoms with Crippen LogP contribution in [0.3, 0.4) is 0 Å². The highest BCUT2D eigenvalue weighted by atomic mass is 14.7. The molecule has 0 fully saturated rings. The van der Waals surface area contributed by atoms with Gasteiger partial charge in [0.1, 0.15) is 0 Å². The molecule has 0 aliphatic rings. The summed E-state index contributed by atoms with van der Waals surface area (Å²) in [6.45, 7) is 2.22. The highest BCUT2D eigenvalue weighted by Crippen LogP contribution is 2.46. The molecule has 0 bridgehead atoms. The van der Waals surface area contributed by atoms with Crippen LogP contribution >= 0.6 is 0 Å². The van der Waals surface area contributed by atoms with Gasteiger partial charge in [0.05, 0.1) is 5.69 Å². The van der Waals surface area contributed by atoms with E-state index >= 15 is 0 Å². The average molecular weight is 612 g/mol. The van der Waals surface area contributed by atoms with Gasteiger partial charge < -0.3 is 0 Å². The Bertz CT molecular complexity index is 2590. The molecular formula is C47H33N. The minimum atomic E-state index is 0.980. The van der Waals surface area contributed by atoms with Crippen LogP contribution in [-0.4, -0.2) is 4.98 Å². The fraction of sp³-hybridized carbons (Fsp3) is 0.0426. The van der Waals surface area contributed by atoms with Crippen molar-refractivity contribution in [1.29, 1.82) is 0 Å². The van der Waals surface area contributed by atoms with Gasteiger partial charge >= 0.3 is 0 Å². The highest BCUT2D eigenvalue weighted by molar-refractivity contribution is 6.24. The molecule has 0 radical (unpaired) electrons. The smallest absolute Gasteiger partial charge is 0.0708 e. The molecule has 0 aliphatic heterocycles. The lowest BCUT2D eigenvalue weighted by atomic mass is 9.83. The Hall–Kier alpha value is -6.05. The Kier molecular flexibility index (Phi) is 6.83. The molecule has 226 valence electrons. The topological polar surface area (TPSA) is 12.9 Å². The first-order valence-electron chi connectivity index (χ1n) is 16.8. The number of aryl methyl sites for hydroxylation is 1. The first-order chi connectivity index (χ1) is 23.8. The van der Waals surface area contributed by atoms with E-state index in [0.29, 0.717) is 0 Å². The summed E-state index contributed by atoms with van der Waals surface area (Å²) in [5.74, 6) is 0.